The molecule has 0 heterocycles. The third kappa shape index (κ3) is 2.63. The standard InChI is InChI=1S/C5H5F5O2/c6-1-2-12-4(11)5(9,10)3(7)8/h3H,1-2H2. The maximum absolute atomic E-state index is 11.9. The Hall–Kier alpha value is -0.880. The van der Waals surface area contributed by atoms with Crippen molar-refractivity contribution in [2.75, 3.05) is 13.3 Å². The van der Waals surface area contributed by atoms with Gasteiger partial charge in [0, 0.05) is 0 Å². The second kappa shape index (κ2) is 4.22. The number of carbonyl (C=O) groups is 1. The zero-order valence-corrected chi connectivity index (χ0v) is 5.70. The second-order valence-electron chi connectivity index (χ2n) is 1.75. The summed E-state index contributed by atoms with van der Waals surface area (Å²) in [4.78, 5) is 10.0. The van der Waals surface area contributed by atoms with Gasteiger partial charge in [-0.1, -0.05) is 0 Å². The van der Waals surface area contributed by atoms with Crippen LogP contribution in [-0.4, -0.2) is 31.6 Å². The number of esters is 1. The number of hydrogen-bond donors (Lipinski definition) is 0. The summed E-state index contributed by atoms with van der Waals surface area (Å²) in [5, 5.41) is 0. The lowest BCUT2D eigenvalue weighted by Gasteiger charge is -2.12. The maximum atomic E-state index is 11.9. The first kappa shape index (κ1) is 11.1. The van der Waals surface area contributed by atoms with Gasteiger partial charge in [0.05, 0.1) is 0 Å². The van der Waals surface area contributed by atoms with Crippen LogP contribution in [-0.2, 0) is 9.53 Å². The van der Waals surface area contributed by atoms with Gasteiger partial charge in [0.15, 0.2) is 0 Å². The molecule has 72 valence electrons. The maximum Gasteiger partial charge on any atom is 0.401 e. The molecule has 0 aliphatic rings. The molecule has 0 bridgehead atoms. The van der Waals surface area contributed by atoms with Gasteiger partial charge in [0.25, 0.3) is 0 Å². The highest BCUT2D eigenvalue weighted by Crippen LogP contribution is 2.23. The number of carbonyl (C=O) groups excluding carboxylic acids is 1. The Labute approximate surface area is 64.3 Å². The molecule has 12 heavy (non-hydrogen) atoms. The first-order valence-corrected chi connectivity index (χ1v) is 2.82. The lowest BCUT2D eigenvalue weighted by Crippen LogP contribution is -2.38. The van der Waals surface area contributed by atoms with Crippen molar-refractivity contribution in [3.63, 3.8) is 0 Å². The van der Waals surface area contributed by atoms with Crippen molar-refractivity contribution in [1.29, 1.82) is 0 Å². The van der Waals surface area contributed by atoms with E-state index in [0.29, 0.717) is 0 Å². The van der Waals surface area contributed by atoms with E-state index in [0.717, 1.165) is 0 Å². The van der Waals surface area contributed by atoms with Gasteiger partial charge in [-0.3, -0.25) is 0 Å². The van der Waals surface area contributed by atoms with Crippen molar-refractivity contribution in [2.24, 2.45) is 0 Å². The normalized spacial score (nSPS) is 11.8. The molecule has 0 fully saturated rings. The quantitative estimate of drug-likeness (QED) is 0.497. The molecule has 0 amide bonds. The number of halogens is 5. The van der Waals surface area contributed by atoms with Crippen LogP contribution < -0.4 is 0 Å². The van der Waals surface area contributed by atoms with Crippen LogP contribution in [0.3, 0.4) is 0 Å². The van der Waals surface area contributed by atoms with Gasteiger partial charge >= 0.3 is 18.3 Å². The molecule has 0 aromatic carbocycles. The first-order valence-electron chi connectivity index (χ1n) is 2.82. The summed E-state index contributed by atoms with van der Waals surface area (Å²) in [6.07, 6.45) is -4.13. The van der Waals surface area contributed by atoms with Crippen LogP contribution in [0.5, 0.6) is 0 Å². The van der Waals surface area contributed by atoms with Gasteiger partial charge in [-0.2, -0.15) is 8.78 Å². The minimum Gasteiger partial charge on any atom is -0.458 e. The van der Waals surface area contributed by atoms with Crippen LogP contribution in [0.2, 0.25) is 0 Å². The SMILES string of the molecule is O=C(OCCF)C(F)(F)C(F)F. The van der Waals surface area contributed by atoms with Crippen LogP contribution in [0.25, 0.3) is 0 Å². The number of hydrogen-bond acceptors (Lipinski definition) is 2. The van der Waals surface area contributed by atoms with Gasteiger partial charge in [-0.25, -0.2) is 18.0 Å². The predicted molar refractivity (Wildman–Crippen MR) is 27.9 cm³/mol. The Balaban J connectivity index is 4.07. The van der Waals surface area contributed by atoms with E-state index in [1.54, 1.807) is 0 Å². The Bertz CT molecular complexity index is 158. The Morgan fingerprint density at radius 3 is 2.25 bits per heavy atom. The molecule has 0 rings (SSSR count). The smallest absolute Gasteiger partial charge is 0.401 e. The monoisotopic (exact) mass is 192 g/mol. The summed E-state index contributed by atoms with van der Waals surface area (Å²) in [5.41, 5.74) is 0. The van der Waals surface area contributed by atoms with Crippen molar-refractivity contribution < 1.29 is 31.5 Å². The summed E-state index contributed by atoms with van der Waals surface area (Å²) in [7, 11) is 0. The van der Waals surface area contributed by atoms with Gasteiger partial charge < -0.3 is 4.74 Å². The summed E-state index contributed by atoms with van der Waals surface area (Å²) in [6, 6.07) is 0. The first-order chi connectivity index (χ1) is 5.42. The van der Waals surface area contributed by atoms with E-state index in [4.69, 9.17) is 0 Å². The zero-order valence-electron chi connectivity index (χ0n) is 5.70. The second-order valence-corrected chi connectivity index (χ2v) is 1.75. The Morgan fingerprint density at radius 2 is 1.92 bits per heavy atom. The molecule has 0 unspecified atom stereocenters. The molecule has 0 aliphatic carbocycles. The van der Waals surface area contributed by atoms with Gasteiger partial charge in [0.1, 0.15) is 13.3 Å². The fourth-order valence-electron chi connectivity index (χ4n) is 0.317. The van der Waals surface area contributed by atoms with Crippen LogP contribution in [0, 0.1) is 0 Å². The van der Waals surface area contributed by atoms with Crippen LogP contribution in [0.1, 0.15) is 0 Å². The van der Waals surface area contributed by atoms with Crippen molar-refractivity contribution in [3.05, 3.63) is 0 Å². The largest absolute Gasteiger partial charge is 0.458 e. The van der Waals surface area contributed by atoms with Gasteiger partial charge in [-0.15, -0.1) is 0 Å². The van der Waals surface area contributed by atoms with E-state index in [9.17, 15) is 26.7 Å². The Kier molecular flexibility index (Phi) is 3.91. The molecule has 0 saturated heterocycles. The number of alkyl halides is 5. The lowest BCUT2D eigenvalue weighted by molar-refractivity contribution is -0.194. The molecule has 0 atom stereocenters. The fraction of sp³-hybridized carbons (Fsp3) is 0.800. The lowest BCUT2D eigenvalue weighted by atomic mass is 10.3. The molecule has 0 aliphatic heterocycles. The molecule has 0 radical (unpaired) electrons. The minimum atomic E-state index is -4.85. The van der Waals surface area contributed by atoms with Crippen molar-refractivity contribution in [2.45, 2.75) is 12.3 Å². The van der Waals surface area contributed by atoms with E-state index in [2.05, 4.69) is 4.74 Å². The summed E-state index contributed by atoms with van der Waals surface area (Å²) in [6.45, 7) is -2.13. The van der Waals surface area contributed by atoms with E-state index >= 15 is 0 Å². The van der Waals surface area contributed by atoms with Crippen LogP contribution in [0.4, 0.5) is 22.0 Å². The summed E-state index contributed by atoms with van der Waals surface area (Å²) in [5.74, 6) is -7.26. The number of ether oxygens (including phenoxy) is 1. The van der Waals surface area contributed by atoms with Crippen molar-refractivity contribution >= 4 is 5.97 Å². The number of rotatable bonds is 4. The summed E-state index contributed by atoms with van der Waals surface area (Å²) >= 11 is 0. The average Bonchev–Trinajstić information content (AvgIpc) is 1.99. The average molecular weight is 192 g/mol. The van der Waals surface area contributed by atoms with Gasteiger partial charge in [-0.05, 0) is 0 Å². The highest BCUT2D eigenvalue weighted by atomic mass is 19.3. The third-order valence-electron chi connectivity index (χ3n) is 0.857. The third-order valence-corrected chi connectivity index (χ3v) is 0.857. The zero-order chi connectivity index (χ0) is 9.78. The van der Waals surface area contributed by atoms with E-state index in [-0.39, 0.29) is 0 Å². The minimum absolute atomic E-state index is 0.943. The van der Waals surface area contributed by atoms with Crippen LogP contribution in [0.15, 0.2) is 0 Å². The Morgan fingerprint density at radius 1 is 1.42 bits per heavy atom. The van der Waals surface area contributed by atoms with E-state index in [1.807, 2.05) is 0 Å². The fourth-order valence-corrected chi connectivity index (χ4v) is 0.317. The molecule has 2 nitrogen and oxygen atoms in total. The molecule has 0 N–H and O–H groups in total. The summed E-state index contributed by atoms with van der Waals surface area (Å²) < 4.78 is 61.2. The van der Waals surface area contributed by atoms with Crippen molar-refractivity contribution in [1.82, 2.24) is 0 Å². The molecular weight excluding hydrogens is 187 g/mol. The molecular formula is C5H5F5O2. The topological polar surface area (TPSA) is 26.3 Å². The highest BCUT2D eigenvalue weighted by molar-refractivity contribution is 5.78. The molecule has 0 aromatic heterocycles. The predicted octanol–water partition coefficient (Wildman–Crippen LogP) is 1.40. The van der Waals surface area contributed by atoms with E-state index < -0.39 is 31.6 Å². The molecule has 0 spiro atoms. The van der Waals surface area contributed by atoms with Gasteiger partial charge in [0.2, 0.25) is 0 Å². The molecule has 0 saturated carbocycles. The van der Waals surface area contributed by atoms with E-state index in [1.165, 1.54) is 0 Å². The molecule has 7 heteroatoms. The van der Waals surface area contributed by atoms with Crippen LogP contribution >= 0.6 is 0 Å². The highest BCUT2D eigenvalue weighted by Gasteiger charge is 2.50. The molecule has 0 aromatic rings. The van der Waals surface area contributed by atoms with Crippen molar-refractivity contribution in [3.8, 4) is 0 Å².